The molecule has 0 radical (unpaired) electrons. The zero-order chi connectivity index (χ0) is 21.3. The number of nitrogens with one attached hydrogen (secondary N) is 1. The number of H-pyrrole nitrogens is 1. The van der Waals surface area contributed by atoms with Gasteiger partial charge in [0.1, 0.15) is 17.3 Å². The fourth-order valence-electron chi connectivity index (χ4n) is 4.28. The van der Waals surface area contributed by atoms with Gasteiger partial charge in [0.15, 0.2) is 0 Å². The summed E-state index contributed by atoms with van der Waals surface area (Å²) in [6.07, 6.45) is 0.357. The van der Waals surface area contributed by atoms with Gasteiger partial charge >= 0.3 is 11.9 Å². The van der Waals surface area contributed by atoms with E-state index >= 15 is 0 Å². The molecule has 162 valence electrons. The fourth-order valence-corrected chi connectivity index (χ4v) is 4.28. The molecule has 2 aromatic heterocycles. The number of halogens is 3. The van der Waals surface area contributed by atoms with Crippen LogP contribution in [0, 0.1) is 0 Å². The Kier molecular flexibility index (Phi) is 5.57. The third-order valence-corrected chi connectivity index (χ3v) is 5.86. The summed E-state index contributed by atoms with van der Waals surface area (Å²) >= 11 is 0. The molecule has 2 aliphatic rings. The van der Waals surface area contributed by atoms with E-state index in [2.05, 4.69) is 9.97 Å². The molecule has 2 fully saturated rings. The lowest BCUT2D eigenvalue weighted by Crippen LogP contribution is -2.49. The topological polar surface area (TPSA) is 74.2 Å². The van der Waals surface area contributed by atoms with Crippen molar-refractivity contribution in [2.45, 2.75) is 44.3 Å². The van der Waals surface area contributed by atoms with Crippen molar-refractivity contribution in [1.82, 2.24) is 14.5 Å². The third kappa shape index (κ3) is 4.22. The molecule has 0 spiro atoms. The minimum Gasteiger partial charge on any atom is -0.354 e. The lowest BCUT2D eigenvalue weighted by atomic mass is 9.95. The van der Waals surface area contributed by atoms with Crippen LogP contribution in [0.2, 0.25) is 0 Å². The molecule has 2 aromatic rings. The highest BCUT2D eigenvalue weighted by Gasteiger charge is 2.33. The lowest BCUT2D eigenvalue weighted by molar-refractivity contribution is -0.141. The first-order valence-corrected chi connectivity index (χ1v) is 10.2. The Balaban J connectivity index is 1.47. The normalized spacial score (nSPS) is 18.6. The SMILES string of the molecule is O=c1cc(N2CCN(c3cccc(C(F)(F)F)n3)CC2)[nH]c(=O)n1C1CCCCC1. The van der Waals surface area contributed by atoms with Crippen LogP contribution in [-0.2, 0) is 6.18 Å². The molecule has 0 amide bonds. The van der Waals surface area contributed by atoms with E-state index in [1.165, 1.54) is 16.7 Å². The number of nitrogens with zero attached hydrogens (tertiary/aromatic N) is 4. The van der Waals surface area contributed by atoms with Gasteiger partial charge in [-0.25, -0.2) is 9.78 Å². The quantitative estimate of drug-likeness (QED) is 0.822. The molecule has 1 aliphatic carbocycles. The van der Waals surface area contributed by atoms with Crippen LogP contribution in [0.4, 0.5) is 24.8 Å². The van der Waals surface area contributed by atoms with Crippen LogP contribution in [0.5, 0.6) is 0 Å². The predicted molar refractivity (Wildman–Crippen MR) is 107 cm³/mol. The van der Waals surface area contributed by atoms with Gasteiger partial charge in [-0.2, -0.15) is 13.2 Å². The minimum absolute atomic E-state index is 0.0483. The molecule has 0 bridgehead atoms. The van der Waals surface area contributed by atoms with Crippen molar-refractivity contribution in [2.75, 3.05) is 36.0 Å². The van der Waals surface area contributed by atoms with Gasteiger partial charge in [0.2, 0.25) is 0 Å². The van der Waals surface area contributed by atoms with Gasteiger partial charge in [-0.15, -0.1) is 0 Å². The Morgan fingerprint density at radius 3 is 2.27 bits per heavy atom. The molecule has 1 N–H and O–H groups in total. The van der Waals surface area contributed by atoms with E-state index in [4.69, 9.17) is 0 Å². The summed E-state index contributed by atoms with van der Waals surface area (Å²) in [6, 6.07) is 5.26. The molecule has 0 aromatic carbocycles. The van der Waals surface area contributed by atoms with Gasteiger partial charge in [-0.1, -0.05) is 25.3 Å². The molecule has 30 heavy (non-hydrogen) atoms. The Bertz CT molecular complexity index is 971. The Morgan fingerprint density at radius 1 is 0.967 bits per heavy atom. The number of hydrogen-bond donors (Lipinski definition) is 1. The van der Waals surface area contributed by atoms with E-state index in [1.807, 2.05) is 4.90 Å². The molecule has 1 saturated carbocycles. The van der Waals surface area contributed by atoms with Crippen molar-refractivity contribution in [3.8, 4) is 0 Å². The number of anilines is 2. The maximum absolute atomic E-state index is 12.9. The Hall–Kier alpha value is -2.78. The summed E-state index contributed by atoms with van der Waals surface area (Å²) < 4.78 is 40.0. The molecule has 4 rings (SSSR count). The van der Waals surface area contributed by atoms with Crippen molar-refractivity contribution >= 4 is 11.6 Å². The summed E-state index contributed by atoms with van der Waals surface area (Å²) in [5, 5.41) is 0. The van der Waals surface area contributed by atoms with Crippen LogP contribution >= 0.6 is 0 Å². The highest BCUT2D eigenvalue weighted by molar-refractivity contribution is 5.45. The van der Waals surface area contributed by atoms with Gasteiger partial charge in [0.05, 0.1) is 0 Å². The third-order valence-electron chi connectivity index (χ3n) is 5.86. The van der Waals surface area contributed by atoms with Crippen LogP contribution in [0.25, 0.3) is 0 Å². The van der Waals surface area contributed by atoms with Gasteiger partial charge < -0.3 is 9.80 Å². The average molecular weight is 423 g/mol. The van der Waals surface area contributed by atoms with Crippen molar-refractivity contribution in [2.24, 2.45) is 0 Å². The van der Waals surface area contributed by atoms with E-state index in [0.29, 0.717) is 32.0 Å². The Morgan fingerprint density at radius 2 is 1.63 bits per heavy atom. The highest BCUT2D eigenvalue weighted by atomic mass is 19.4. The molecular formula is C20H24F3N5O2. The first-order chi connectivity index (χ1) is 14.3. The number of alkyl halides is 3. The highest BCUT2D eigenvalue weighted by Crippen LogP contribution is 2.29. The number of hydrogen-bond acceptors (Lipinski definition) is 5. The maximum Gasteiger partial charge on any atom is 0.433 e. The largest absolute Gasteiger partial charge is 0.433 e. The molecule has 1 aliphatic heterocycles. The van der Waals surface area contributed by atoms with Crippen LogP contribution in [0.1, 0.15) is 43.8 Å². The standard InChI is InChI=1S/C20H24F3N5O2/c21-20(22,23)15-7-4-8-16(24-15)26-9-11-27(12-10-26)17-13-18(29)28(19(30)25-17)14-5-2-1-3-6-14/h4,7-8,13-14H,1-3,5-6,9-12H2,(H,25,30). The van der Waals surface area contributed by atoms with Crippen LogP contribution in [-0.4, -0.2) is 40.7 Å². The summed E-state index contributed by atoms with van der Waals surface area (Å²) in [7, 11) is 0. The molecule has 3 heterocycles. The summed E-state index contributed by atoms with van der Waals surface area (Å²) in [6.45, 7) is 1.78. The van der Waals surface area contributed by atoms with Crippen molar-refractivity contribution in [3.63, 3.8) is 0 Å². The van der Waals surface area contributed by atoms with Crippen LogP contribution in [0.3, 0.4) is 0 Å². The predicted octanol–water partition coefficient (Wildman–Crippen LogP) is 2.78. The van der Waals surface area contributed by atoms with E-state index in [0.717, 1.165) is 38.2 Å². The first-order valence-electron chi connectivity index (χ1n) is 10.2. The molecular weight excluding hydrogens is 399 g/mol. The maximum atomic E-state index is 12.9. The molecule has 7 nitrogen and oxygen atoms in total. The zero-order valence-corrected chi connectivity index (χ0v) is 16.5. The van der Waals surface area contributed by atoms with E-state index in [9.17, 15) is 22.8 Å². The molecule has 0 unspecified atom stereocenters. The van der Waals surface area contributed by atoms with Crippen molar-refractivity contribution < 1.29 is 13.2 Å². The molecule has 1 saturated heterocycles. The fraction of sp³-hybridized carbons (Fsp3) is 0.550. The van der Waals surface area contributed by atoms with Gasteiger partial charge in [-0.3, -0.25) is 14.3 Å². The summed E-state index contributed by atoms with van der Waals surface area (Å²) in [5.41, 5.74) is -1.62. The van der Waals surface area contributed by atoms with E-state index in [-0.39, 0.29) is 17.4 Å². The number of piperazine rings is 1. The van der Waals surface area contributed by atoms with Crippen molar-refractivity contribution in [1.29, 1.82) is 0 Å². The molecule has 10 heteroatoms. The monoisotopic (exact) mass is 423 g/mol. The van der Waals surface area contributed by atoms with Crippen LogP contribution < -0.4 is 21.0 Å². The van der Waals surface area contributed by atoms with E-state index < -0.39 is 17.6 Å². The minimum atomic E-state index is -4.49. The smallest absolute Gasteiger partial charge is 0.354 e. The Labute approximate surface area is 171 Å². The van der Waals surface area contributed by atoms with Crippen molar-refractivity contribution in [3.05, 3.63) is 50.8 Å². The molecule has 0 atom stereocenters. The number of pyridine rings is 1. The number of aromatic amines is 1. The van der Waals surface area contributed by atoms with Gasteiger partial charge in [0.25, 0.3) is 5.56 Å². The second kappa shape index (κ2) is 8.16. The zero-order valence-electron chi connectivity index (χ0n) is 16.5. The average Bonchev–Trinajstić information content (AvgIpc) is 2.74. The number of rotatable bonds is 3. The summed E-state index contributed by atoms with van der Waals surface area (Å²) in [5.74, 6) is 0.722. The second-order valence-corrected chi connectivity index (χ2v) is 7.81. The van der Waals surface area contributed by atoms with Gasteiger partial charge in [0, 0.05) is 38.3 Å². The first kappa shape index (κ1) is 20.5. The van der Waals surface area contributed by atoms with Crippen LogP contribution in [0.15, 0.2) is 33.9 Å². The van der Waals surface area contributed by atoms with Gasteiger partial charge in [-0.05, 0) is 25.0 Å². The second-order valence-electron chi connectivity index (χ2n) is 7.81. The summed E-state index contributed by atoms with van der Waals surface area (Å²) in [4.78, 5) is 35.4. The lowest BCUT2D eigenvalue weighted by Gasteiger charge is -2.36. The van der Waals surface area contributed by atoms with E-state index in [1.54, 1.807) is 11.0 Å². The number of aromatic nitrogens is 3.